The molecule has 4 rings (SSSR count). The molecule has 0 bridgehead atoms. The van der Waals surface area contributed by atoms with Gasteiger partial charge in [0.15, 0.2) is 5.82 Å². The molecule has 1 aliphatic heterocycles. The van der Waals surface area contributed by atoms with Crippen molar-refractivity contribution in [2.24, 2.45) is 0 Å². The van der Waals surface area contributed by atoms with Crippen LogP contribution in [0.25, 0.3) is 11.0 Å². The number of fused-ring (bicyclic) bond motifs is 1. The highest BCUT2D eigenvalue weighted by atomic mass is 15.3. The number of rotatable bonds is 6. The maximum Gasteiger partial charge on any atom is 0.156 e. The Bertz CT molecular complexity index is 964. The summed E-state index contributed by atoms with van der Waals surface area (Å²) < 4.78 is 2.14. The maximum absolute atomic E-state index is 9.46. The highest BCUT2D eigenvalue weighted by molar-refractivity contribution is 5.91. The van der Waals surface area contributed by atoms with Crippen molar-refractivity contribution < 1.29 is 0 Å². The van der Waals surface area contributed by atoms with E-state index in [1.54, 1.807) is 6.33 Å². The maximum atomic E-state index is 9.46. The summed E-state index contributed by atoms with van der Waals surface area (Å²) in [5.74, 6) is 0.961. The standard InChI is InChI=1S/C22H26N6/c1-2-9-28-16-19(15-23)20-21(28)22(25-17-24-20)27-13-11-26(12-14-27)10-8-18-6-4-3-5-7-18/h3-7,16-17H,2,8-14H2,1H3. The molecular weight excluding hydrogens is 348 g/mol. The van der Waals surface area contributed by atoms with E-state index < -0.39 is 0 Å². The molecule has 3 heterocycles. The third kappa shape index (κ3) is 3.71. The van der Waals surface area contributed by atoms with Crippen LogP contribution in [0, 0.1) is 11.3 Å². The molecule has 1 aliphatic rings. The zero-order chi connectivity index (χ0) is 19.3. The van der Waals surface area contributed by atoms with Gasteiger partial charge in [-0.2, -0.15) is 5.26 Å². The zero-order valence-corrected chi connectivity index (χ0v) is 16.4. The third-order valence-corrected chi connectivity index (χ3v) is 5.45. The van der Waals surface area contributed by atoms with Gasteiger partial charge in [-0.05, 0) is 18.4 Å². The molecule has 144 valence electrons. The number of anilines is 1. The Balaban J connectivity index is 1.48. The van der Waals surface area contributed by atoms with E-state index in [-0.39, 0.29) is 0 Å². The smallest absolute Gasteiger partial charge is 0.156 e. The van der Waals surface area contributed by atoms with E-state index >= 15 is 0 Å². The molecule has 3 aromatic rings. The van der Waals surface area contributed by atoms with Crippen molar-refractivity contribution in [3.63, 3.8) is 0 Å². The lowest BCUT2D eigenvalue weighted by Gasteiger charge is -2.35. The van der Waals surface area contributed by atoms with Crippen molar-refractivity contribution >= 4 is 16.9 Å². The summed E-state index contributed by atoms with van der Waals surface area (Å²) in [7, 11) is 0. The average Bonchev–Trinajstić information content (AvgIpc) is 3.12. The Hall–Kier alpha value is -2.91. The molecule has 28 heavy (non-hydrogen) atoms. The number of hydrogen-bond acceptors (Lipinski definition) is 5. The molecule has 0 spiro atoms. The SMILES string of the molecule is CCCn1cc(C#N)c2ncnc(N3CCN(CCc4ccccc4)CC3)c21. The average molecular weight is 374 g/mol. The molecule has 0 unspecified atom stereocenters. The van der Waals surface area contributed by atoms with Gasteiger partial charge in [0, 0.05) is 45.5 Å². The Morgan fingerprint density at radius 3 is 2.54 bits per heavy atom. The summed E-state index contributed by atoms with van der Waals surface area (Å²) in [6.45, 7) is 8.04. The predicted molar refractivity (Wildman–Crippen MR) is 111 cm³/mol. The monoisotopic (exact) mass is 374 g/mol. The van der Waals surface area contributed by atoms with Crippen LogP contribution in [0.4, 0.5) is 5.82 Å². The lowest BCUT2D eigenvalue weighted by Crippen LogP contribution is -2.47. The Kier molecular flexibility index (Phi) is 5.54. The van der Waals surface area contributed by atoms with E-state index in [1.165, 1.54) is 5.56 Å². The van der Waals surface area contributed by atoms with Gasteiger partial charge in [-0.1, -0.05) is 37.3 Å². The Morgan fingerprint density at radius 1 is 1.04 bits per heavy atom. The minimum Gasteiger partial charge on any atom is -0.352 e. The largest absolute Gasteiger partial charge is 0.352 e. The number of nitrogens with zero attached hydrogens (tertiary/aromatic N) is 6. The van der Waals surface area contributed by atoms with Gasteiger partial charge in [-0.25, -0.2) is 9.97 Å². The van der Waals surface area contributed by atoms with Crippen LogP contribution in [-0.4, -0.2) is 52.2 Å². The van der Waals surface area contributed by atoms with Crippen LogP contribution in [0.1, 0.15) is 24.5 Å². The molecule has 6 heteroatoms. The molecule has 1 fully saturated rings. The predicted octanol–water partition coefficient (Wildman–Crippen LogP) is 3.08. The van der Waals surface area contributed by atoms with E-state index in [0.717, 1.165) is 69.0 Å². The second kappa shape index (κ2) is 8.41. The molecule has 0 radical (unpaired) electrons. The summed E-state index contributed by atoms with van der Waals surface area (Å²) in [6, 6.07) is 13.0. The quantitative estimate of drug-likeness (QED) is 0.664. The molecule has 0 aliphatic carbocycles. The number of piperazine rings is 1. The van der Waals surface area contributed by atoms with Crippen LogP contribution >= 0.6 is 0 Å². The first-order valence-electron chi connectivity index (χ1n) is 10.1. The molecular formula is C22H26N6. The number of benzene rings is 1. The number of aryl methyl sites for hydroxylation is 1. The normalized spacial score (nSPS) is 15.1. The van der Waals surface area contributed by atoms with Crippen LogP contribution in [0.5, 0.6) is 0 Å². The van der Waals surface area contributed by atoms with E-state index in [0.29, 0.717) is 5.56 Å². The van der Waals surface area contributed by atoms with Crippen molar-refractivity contribution in [3.8, 4) is 6.07 Å². The molecule has 0 amide bonds. The lowest BCUT2D eigenvalue weighted by atomic mass is 10.1. The van der Waals surface area contributed by atoms with Crippen molar-refractivity contribution in [2.75, 3.05) is 37.6 Å². The van der Waals surface area contributed by atoms with Gasteiger partial charge in [-0.3, -0.25) is 4.90 Å². The second-order valence-electron chi connectivity index (χ2n) is 7.31. The number of aromatic nitrogens is 3. The van der Waals surface area contributed by atoms with Gasteiger partial charge in [-0.15, -0.1) is 0 Å². The lowest BCUT2D eigenvalue weighted by molar-refractivity contribution is 0.260. The Labute approximate surface area is 166 Å². The van der Waals surface area contributed by atoms with E-state index in [9.17, 15) is 5.26 Å². The second-order valence-corrected chi connectivity index (χ2v) is 7.31. The van der Waals surface area contributed by atoms with Crippen LogP contribution in [0.3, 0.4) is 0 Å². The molecule has 1 aromatic carbocycles. The van der Waals surface area contributed by atoms with E-state index in [4.69, 9.17) is 0 Å². The van der Waals surface area contributed by atoms with Gasteiger partial charge < -0.3 is 9.47 Å². The van der Waals surface area contributed by atoms with E-state index in [1.807, 2.05) is 6.20 Å². The molecule has 0 N–H and O–H groups in total. The summed E-state index contributed by atoms with van der Waals surface area (Å²) >= 11 is 0. The molecule has 0 saturated carbocycles. The minimum atomic E-state index is 0.633. The number of nitriles is 1. The first kappa shape index (κ1) is 18.5. The highest BCUT2D eigenvalue weighted by Crippen LogP contribution is 2.28. The first-order chi connectivity index (χ1) is 13.8. The van der Waals surface area contributed by atoms with Gasteiger partial charge in [0.2, 0.25) is 0 Å². The van der Waals surface area contributed by atoms with Gasteiger partial charge in [0.05, 0.1) is 5.56 Å². The first-order valence-corrected chi connectivity index (χ1v) is 10.1. The number of hydrogen-bond donors (Lipinski definition) is 0. The van der Waals surface area contributed by atoms with Crippen LogP contribution in [-0.2, 0) is 13.0 Å². The fourth-order valence-electron chi connectivity index (χ4n) is 3.96. The van der Waals surface area contributed by atoms with Crippen molar-refractivity contribution in [1.82, 2.24) is 19.4 Å². The topological polar surface area (TPSA) is 61.0 Å². The summed E-state index contributed by atoms with van der Waals surface area (Å²) in [5, 5.41) is 9.46. The molecule has 6 nitrogen and oxygen atoms in total. The van der Waals surface area contributed by atoms with Crippen LogP contribution in [0.15, 0.2) is 42.9 Å². The van der Waals surface area contributed by atoms with Gasteiger partial charge >= 0.3 is 0 Å². The summed E-state index contributed by atoms with van der Waals surface area (Å²) in [4.78, 5) is 13.9. The highest BCUT2D eigenvalue weighted by Gasteiger charge is 2.22. The molecule has 1 saturated heterocycles. The van der Waals surface area contributed by atoms with Gasteiger partial charge in [0.25, 0.3) is 0 Å². The molecule has 0 atom stereocenters. The Morgan fingerprint density at radius 2 is 1.82 bits per heavy atom. The van der Waals surface area contributed by atoms with Gasteiger partial charge in [0.1, 0.15) is 23.4 Å². The van der Waals surface area contributed by atoms with Crippen molar-refractivity contribution in [2.45, 2.75) is 26.3 Å². The van der Waals surface area contributed by atoms with Crippen molar-refractivity contribution in [1.29, 1.82) is 5.26 Å². The molecule has 2 aromatic heterocycles. The van der Waals surface area contributed by atoms with Crippen LogP contribution < -0.4 is 4.90 Å². The summed E-state index contributed by atoms with van der Waals surface area (Å²) in [6.07, 6.45) is 5.61. The third-order valence-electron chi connectivity index (χ3n) is 5.45. The summed E-state index contributed by atoms with van der Waals surface area (Å²) in [5.41, 5.74) is 3.79. The van der Waals surface area contributed by atoms with Crippen LogP contribution in [0.2, 0.25) is 0 Å². The minimum absolute atomic E-state index is 0.633. The van der Waals surface area contributed by atoms with E-state index in [2.05, 4.69) is 67.7 Å². The fourth-order valence-corrected chi connectivity index (χ4v) is 3.96. The fraction of sp³-hybridized carbons (Fsp3) is 0.409. The zero-order valence-electron chi connectivity index (χ0n) is 16.4. The van der Waals surface area contributed by atoms with Crippen molar-refractivity contribution in [3.05, 3.63) is 54.0 Å².